The van der Waals surface area contributed by atoms with E-state index in [1.807, 2.05) is 0 Å². The molecular formula is C23H19N7O7S2-2. The Morgan fingerprint density at radius 1 is 0.923 bits per heavy atom. The standard InChI is InChI=1S/C23H21N7O7S2/c1-11-18(38-37-36-32)8-12-9-19(39(33,34)35)22(23(31)20(12)21(11)26)30-28-15-5-3-14(4-6-15)27-29-17-7-2-13(24)10-16(17)25/h2-10,31-32H,24-26H2,1H3,(H,33,34,35)/p-2. The van der Waals surface area contributed by atoms with Crippen molar-refractivity contribution in [2.75, 3.05) is 17.2 Å². The summed E-state index contributed by atoms with van der Waals surface area (Å²) in [6, 6.07) is 13.2. The van der Waals surface area contributed by atoms with E-state index >= 15 is 0 Å². The van der Waals surface area contributed by atoms with E-state index in [2.05, 4.69) is 29.8 Å². The van der Waals surface area contributed by atoms with Crippen LogP contribution in [0.4, 0.5) is 39.8 Å². The van der Waals surface area contributed by atoms with Crippen molar-refractivity contribution in [2.45, 2.75) is 16.7 Å². The van der Waals surface area contributed by atoms with Crippen molar-refractivity contribution in [2.24, 2.45) is 20.5 Å². The number of azo groups is 2. The van der Waals surface area contributed by atoms with Crippen LogP contribution in [0.2, 0.25) is 0 Å². The Bertz CT molecular complexity index is 1730. The van der Waals surface area contributed by atoms with Crippen LogP contribution in [0.3, 0.4) is 0 Å². The van der Waals surface area contributed by atoms with Crippen LogP contribution in [0.5, 0.6) is 5.75 Å². The lowest BCUT2D eigenvalue weighted by Gasteiger charge is -2.22. The fourth-order valence-corrected chi connectivity index (χ4v) is 4.65. The highest BCUT2D eigenvalue weighted by atomic mass is 32.2. The maximum Gasteiger partial charge on any atom is 0.126 e. The van der Waals surface area contributed by atoms with E-state index in [4.69, 9.17) is 22.5 Å². The number of nitrogens with zero attached hydrogens (tertiary/aromatic N) is 4. The molecule has 0 aliphatic heterocycles. The Hall–Kier alpha value is -4.32. The molecule has 4 aromatic carbocycles. The molecule has 0 bridgehead atoms. The molecule has 0 unspecified atom stereocenters. The van der Waals surface area contributed by atoms with Crippen molar-refractivity contribution in [1.29, 1.82) is 0 Å². The van der Waals surface area contributed by atoms with Gasteiger partial charge in [0.2, 0.25) is 0 Å². The van der Waals surface area contributed by atoms with Gasteiger partial charge in [-0.1, -0.05) is 10.8 Å². The summed E-state index contributed by atoms with van der Waals surface area (Å²) in [6.45, 7) is 1.57. The summed E-state index contributed by atoms with van der Waals surface area (Å²) >= 11 is 0.562. The van der Waals surface area contributed by atoms with E-state index in [-0.39, 0.29) is 22.1 Å². The molecule has 0 atom stereocenters. The van der Waals surface area contributed by atoms with Gasteiger partial charge in [0.1, 0.15) is 15.8 Å². The van der Waals surface area contributed by atoms with Crippen LogP contribution >= 0.6 is 12.0 Å². The monoisotopic (exact) mass is 569 g/mol. The highest BCUT2D eigenvalue weighted by Gasteiger charge is 2.18. The van der Waals surface area contributed by atoms with Crippen molar-refractivity contribution < 1.29 is 32.7 Å². The average Bonchev–Trinajstić information content (AvgIpc) is 2.88. The smallest absolute Gasteiger partial charge is 0.126 e. The number of hydrogen-bond donors (Lipinski definition) is 4. The van der Waals surface area contributed by atoms with Crippen molar-refractivity contribution in [3.63, 3.8) is 0 Å². The minimum atomic E-state index is -5.14. The molecule has 0 fully saturated rings. The topological polar surface area (TPSA) is 246 Å². The zero-order valence-electron chi connectivity index (χ0n) is 19.9. The van der Waals surface area contributed by atoms with Crippen LogP contribution in [-0.2, 0) is 19.5 Å². The highest BCUT2D eigenvalue weighted by Crippen LogP contribution is 2.45. The second-order valence-corrected chi connectivity index (χ2v) is 10.1. The molecule has 14 nitrogen and oxygen atoms in total. The largest absolute Gasteiger partial charge is 0.870 e. The lowest BCUT2D eigenvalue weighted by molar-refractivity contribution is -0.432. The summed E-state index contributed by atoms with van der Waals surface area (Å²) < 4.78 is 40.4. The second-order valence-electron chi connectivity index (χ2n) is 7.98. The Labute approximate surface area is 225 Å². The predicted molar refractivity (Wildman–Crippen MR) is 141 cm³/mol. The van der Waals surface area contributed by atoms with Gasteiger partial charge in [0, 0.05) is 16.3 Å². The quantitative estimate of drug-likeness (QED) is 0.0540. The first-order chi connectivity index (χ1) is 18.5. The molecule has 0 aromatic heterocycles. The van der Waals surface area contributed by atoms with Crippen LogP contribution < -0.4 is 22.3 Å². The summed E-state index contributed by atoms with van der Waals surface area (Å²) in [5.41, 5.74) is 19.3. The van der Waals surface area contributed by atoms with Gasteiger partial charge >= 0.3 is 0 Å². The Morgan fingerprint density at radius 2 is 1.56 bits per heavy atom. The molecular weight excluding hydrogens is 550 g/mol. The third-order valence-electron chi connectivity index (χ3n) is 5.44. The number of anilines is 3. The zero-order valence-corrected chi connectivity index (χ0v) is 21.6. The van der Waals surface area contributed by atoms with Crippen molar-refractivity contribution in [3.05, 3.63) is 60.2 Å². The summed E-state index contributed by atoms with van der Waals surface area (Å²) in [6.07, 6.45) is 0. The van der Waals surface area contributed by atoms with E-state index in [0.29, 0.717) is 45.3 Å². The second kappa shape index (κ2) is 11.2. The van der Waals surface area contributed by atoms with Gasteiger partial charge in [0.05, 0.1) is 39.7 Å². The maximum absolute atomic E-state index is 13.3. The van der Waals surface area contributed by atoms with Gasteiger partial charge in [-0.05, 0) is 77.9 Å². The molecule has 39 heavy (non-hydrogen) atoms. The molecule has 0 radical (unpaired) electrons. The summed E-state index contributed by atoms with van der Waals surface area (Å²) in [5.74, 6) is -0.909. The van der Waals surface area contributed by atoms with E-state index in [9.17, 15) is 18.1 Å². The van der Waals surface area contributed by atoms with E-state index in [1.54, 1.807) is 37.3 Å². The average molecular weight is 570 g/mol. The van der Waals surface area contributed by atoms with Gasteiger partial charge in [0.15, 0.2) is 0 Å². The van der Waals surface area contributed by atoms with Crippen LogP contribution in [0.1, 0.15) is 5.56 Å². The molecule has 0 aliphatic rings. The van der Waals surface area contributed by atoms with Crippen molar-refractivity contribution >= 4 is 72.7 Å². The predicted octanol–water partition coefficient (Wildman–Crippen LogP) is 5.13. The normalized spacial score (nSPS) is 12.2. The van der Waals surface area contributed by atoms with Gasteiger partial charge < -0.3 is 26.9 Å². The van der Waals surface area contributed by atoms with E-state index in [0.717, 1.165) is 6.07 Å². The number of hydrogen-bond acceptors (Lipinski definition) is 15. The summed E-state index contributed by atoms with van der Waals surface area (Å²) in [7, 11) is -5.14. The van der Waals surface area contributed by atoms with Crippen molar-refractivity contribution in [3.8, 4) is 5.75 Å². The SMILES string of the molecule is Cc1c(SOOO)cc2cc(S(=O)(=O)[O-])c(N=Nc3ccc(N=Nc4ccc(N)cc4N)cc3)c([O-])c2c1N. The van der Waals surface area contributed by atoms with Crippen LogP contribution in [0.25, 0.3) is 10.8 Å². The Balaban J connectivity index is 1.70. The lowest BCUT2D eigenvalue weighted by atomic mass is 10.0. The number of benzene rings is 4. The maximum atomic E-state index is 13.3. The number of fused-ring (bicyclic) bond motifs is 1. The van der Waals surface area contributed by atoms with Gasteiger partial charge in [-0.15, -0.1) is 14.6 Å². The first-order valence-corrected chi connectivity index (χ1v) is 12.9. The molecule has 202 valence electrons. The molecule has 16 heteroatoms. The van der Waals surface area contributed by atoms with E-state index in [1.165, 1.54) is 18.2 Å². The molecule has 0 saturated heterocycles. The summed E-state index contributed by atoms with van der Waals surface area (Å²) in [4.78, 5) is -0.581. The number of nitrogen functional groups attached to an aromatic ring is 3. The van der Waals surface area contributed by atoms with Gasteiger partial charge in [-0.3, -0.25) is 0 Å². The molecule has 4 rings (SSSR count). The lowest BCUT2D eigenvalue weighted by Crippen LogP contribution is -2.05. The molecule has 0 amide bonds. The number of rotatable bonds is 8. The van der Waals surface area contributed by atoms with Crippen LogP contribution in [0, 0.1) is 6.92 Å². The van der Waals surface area contributed by atoms with Gasteiger partial charge in [-0.25, -0.2) is 13.7 Å². The van der Waals surface area contributed by atoms with Crippen molar-refractivity contribution in [1.82, 2.24) is 0 Å². The minimum absolute atomic E-state index is 0.00992. The van der Waals surface area contributed by atoms with Crippen LogP contribution in [-0.4, -0.2) is 18.2 Å². The molecule has 0 spiro atoms. The minimum Gasteiger partial charge on any atom is -0.870 e. The Kier molecular flexibility index (Phi) is 7.95. The zero-order chi connectivity index (χ0) is 28.3. The fraction of sp³-hybridized carbons (Fsp3) is 0.0435. The van der Waals surface area contributed by atoms with Gasteiger partial charge in [0.25, 0.3) is 0 Å². The third-order valence-corrected chi connectivity index (χ3v) is 7.03. The first kappa shape index (κ1) is 27.7. The fourth-order valence-electron chi connectivity index (χ4n) is 3.50. The number of nitrogens with two attached hydrogens (primary N) is 3. The highest BCUT2D eigenvalue weighted by molar-refractivity contribution is 7.94. The van der Waals surface area contributed by atoms with E-state index < -0.39 is 26.5 Å². The van der Waals surface area contributed by atoms with Crippen LogP contribution in [0.15, 0.2) is 84.8 Å². The summed E-state index contributed by atoms with van der Waals surface area (Å²) in [5, 5.41) is 41.0. The Morgan fingerprint density at radius 3 is 2.15 bits per heavy atom. The third kappa shape index (κ3) is 6.06. The molecule has 0 aliphatic carbocycles. The molecule has 0 saturated carbocycles. The first-order valence-electron chi connectivity index (χ1n) is 10.8. The molecule has 4 aromatic rings. The van der Waals surface area contributed by atoms with Gasteiger partial charge in [-0.2, -0.15) is 10.2 Å². The molecule has 7 N–H and O–H groups in total. The molecule has 0 heterocycles.